The molecule has 1 aliphatic carbocycles. The molecule has 68 valence electrons. The van der Waals surface area contributed by atoms with Crippen molar-refractivity contribution in [1.29, 1.82) is 0 Å². The molecule has 0 heterocycles. The highest BCUT2D eigenvalue weighted by Gasteiger charge is 2.32. The van der Waals surface area contributed by atoms with Crippen LogP contribution >= 0.6 is 11.8 Å². The number of alkyl halides is 3. The van der Waals surface area contributed by atoms with E-state index < -0.39 is 11.7 Å². The zero-order chi connectivity index (χ0) is 9.19. The Labute approximate surface area is 73.5 Å². The van der Waals surface area contributed by atoms with Gasteiger partial charge in [-0.3, -0.25) is 0 Å². The fraction of sp³-hybridized carbons (Fsp3) is 0.500. The number of allylic oxidation sites excluding steroid dienone is 3. The summed E-state index contributed by atoms with van der Waals surface area (Å²) in [7, 11) is 0. The minimum atomic E-state index is -4.18. The van der Waals surface area contributed by atoms with E-state index in [-0.39, 0.29) is 5.25 Å². The van der Waals surface area contributed by atoms with Crippen LogP contribution < -0.4 is 0 Å². The van der Waals surface area contributed by atoms with Gasteiger partial charge in [-0.15, -0.1) is 0 Å². The first-order chi connectivity index (χ1) is 5.54. The van der Waals surface area contributed by atoms with Crippen LogP contribution in [-0.2, 0) is 0 Å². The Morgan fingerprint density at radius 3 is 2.50 bits per heavy atom. The summed E-state index contributed by atoms with van der Waals surface area (Å²) >= 11 is 1.56. The van der Waals surface area contributed by atoms with Crippen molar-refractivity contribution in [2.24, 2.45) is 0 Å². The minimum absolute atomic E-state index is 0.205. The smallest absolute Gasteiger partial charge is 0.166 e. The second-order valence-corrected chi connectivity index (χ2v) is 3.60. The van der Waals surface area contributed by atoms with E-state index in [1.165, 1.54) is 6.08 Å². The van der Waals surface area contributed by atoms with Crippen LogP contribution in [0.1, 0.15) is 6.42 Å². The van der Waals surface area contributed by atoms with Gasteiger partial charge in [-0.05, 0) is 12.7 Å². The quantitative estimate of drug-likeness (QED) is 0.617. The van der Waals surface area contributed by atoms with Crippen LogP contribution in [0.15, 0.2) is 23.8 Å². The number of hydrogen-bond acceptors (Lipinski definition) is 1. The van der Waals surface area contributed by atoms with Crippen molar-refractivity contribution in [3.8, 4) is 0 Å². The van der Waals surface area contributed by atoms with E-state index in [4.69, 9.17) is 0 Å². The molecule has 1 rings (SSSR count). The van der Waals surface area contributed by atoms with Gasteiger partial charge in [-0.2, -0.15) is 24.9 Å². The molecule has 0 bridgehead atoms. The lowest BCUT2D eigenvalue weighted by Gasteiger charge is -2.15. The zero-order valence-electron chi connectivity index (χ0n) is 6.56. The summed E-state index contributed by atoms with van der Waals surface area (Å²) in [5.74, 6) is 0. The molecule has 1 atom stereocenters. The summed E-state index contributed by atoms with van der Waals surface area (Å²) < 4.78 is 36.1. The first-order valence-electron chi connectivity index (χ1n) is 3.52. The first-order valence-corrected chi connectivity index (χ1v) is 4.81. The minimum Gasteiger partial charge on any atom is -0.166 e. The fourth-order valence-electron chi connectivity index (χ4n) is 0.986. The molecule has 0 fully saturated rings. The summed E-state index contributed by atoms with van der Waals surface area (Å²) in [6, 6.07) is 0. The van der Waals surface area contributed by atoms with Crippen LogP contribution in [0.5, 0.6) is 0 Å². The Balaban J connectivity index is 2.64. The third-order valence-corrected chi connectivity index (χ3v) is 2.65. The normalized spacial score (nSPS) is 24.0. The molecule has 0 aromatic heterocycles. The van der Waals surface area contributed by atoms with Gasteiger partial charge in [0.25, 0.3) is 0 Å². The van der Waals surface area contributed by atoms with Crippen molar-refractivity contribution in [3.63, 3.8) is 0 Å². The van der Waals surface area contributed by atoms with Gasteiger partial charge in [0.1, 0.15) is 0 Å². The topological polar surface area (TPSA) is 0 Å². The van der Waals surface area contributed by atoms with Crippen LogP contribution in [0.4, 0.5) is 13.2 Å². The second-order valence-electron chi connectivity index (χ2n) is 2.53. The number of hydrogen-bond donors (Lipinski definition) is 0. The molecule has 12 heavy (non-hydrogen) atoms. The van der Waals surface area contributed by atoms with E-state index in [2.05, 4.69) is 0 Å². The average Bonchev–Trinajstić information content (AvgIpc) is 2.03. The van der Waals surface area contributed by atoms with E-state index in [0.29, 0.717) is 6.42 Å². The van der Waals surface area contributed by atoms with Crippen LogP contribution in [-0.4, -0.2) is 17.7 Å². The predicted molar refractivity (Wildman–Crippen MR) is 45.2 cm³/mol. The van der Waals surface area contributed by atoms with E-state index in [9.17, 15) is 13.2 Å². The molecule has 1 aliphatic rings. The number of rotatable bonds is 1. The van der Waals surface area contributed by atoms with Gasteiger partial charge in [-0.25, -0.2) is 0 Å². The predicted octanol–water partition coefficient (Wildman–Crippen LogP) is 3.17. The molecule has 0 aliphatic heterocycles. The summed E-state index contributed by atoms with van der Waals surface area (Å²) in [5.41, 5.74) is -0.521. The highest BCUT2D eigenvalue weighted by molar-refractivity contribution is 7.99. The van der Waals surface area contributed by atoms with Crippen molar-refractivity contribution >= 4 is 11.8 Å². The maximum absolute atomic E-state index is 12.0. The second kappa shape index (κ2) is 3.56. The van der Waals surface area contributed by atoms with Crippen LogP contribution in [0, 0.1) is 0 Å². The fourth-order valence-corrected chi connectivity index (χ4v) is 1.51. The largest absolute Gasteiger partial charge is 0.416 e. The van der Waals surface area contributed by atoms with Crippen LogP contribution in [0.25, 0.3) is 0 Å². The molecule has 4 heteroatoms. The lowest BCUT2D eigenvalue weighted by molar-refractivity contribution is -0.0885. The van der Waals surface area contributed by atoms with E-state index in [1.807, 2.05) is 6.26 Å². The first kappa shape index (κ1) is 9.71. The lowest BCUT2D eigenvalue weighted by atomic mass is 10.1. The van der Waals surface area contributed by atoms with Gasteiger partial charge in [0.05, 0.1) is 5.57 Å². The summed E-state index contributed by atoms with van der Waals surface area (Å²) in [5, 5.41) is 0.205. The highest BCUT2D eigenvalue weighted by atomic mass is 32.2. The molecule has 0 nitrogen and oxygen atoms in total. The monoisotopic (exact) mass is 194 g/mol. The zero-order valence-corrected chi connectivity index (χ0v) is 7.38. The van der Waals surface area contributed by atoms with E-state index in [0.717, 1.165) is 6.08 Å². The number of thioether (sulfide) groups is 1. The molecule has 0 saturated carbocycles. The maximum Gasteiger partial charge on any atom is 0.416 e. The van der Waals surface area contributed by atoms with Crippen LogP contribution in [0.3, 0.4) is 0 Å². The molecule has 1 unspecified atom stereocenters. The van der Waals surface area contributed by atoms with Gasteiger partial charge < -0.3 is 0 Å². The Morgan fingerprint density at radius 2 is 2.17 bits per heavy atom. The SMILES string of the molecule is CSC1C=CC(C(F)(F)F)=CC1. The van der Waals surface area contributed by atoms with Crippen molar-refractivity contribution in [2.75, 3.05) is 6.26 Å². The van der Waals surface area contributed by atoms with E-state index in [1.54, 1.807) is 17.8 Å². The maximum atomic E-state index is 12.0. The molecule has 0 saturated heterocycles. The molecule has 0 amide bonds. The number of halogens is 3. The van der Waals surface area contributed by atoms with Gasteiger partial charge in [-0.1, -0.05) is 18.2 Å². The Morgan fingerprint density at radius 1 is 1.50 bits per heavy atom. The van der Waals surface area contributed by atoms with Crippen molar-refractivity contribution in [2.45, 2.75) is 17.8 Å². The van der Waals surface area contributed by atoms with Gasteiger partial charge >= 0.3 is 6.18 Å². The summed E-state index contributed by atoms with van der Waals surface area (Å²) in [4.78, 5) is 0. The van der Waals surface area contributed by atoms with E-state index >= 15 is 0 Å². The molecule has 0 radical (unpaired) electrons. The third kappa shape index (κ3) is 2.30. The van der Waals surface area contributed by atoms with Crippen molar-refractivity contribution in [1.82, 2.24) is 0 Å². The Hall–Kier alpha value is -0.380. The average molecular weight is 194 g/mol. The molecule has 0 N–H and O–H groups in total. The van der Waals surface area contributed by atoms with Gasteiger partial charge in [0, 0.05) is 5.25 Å². The van der Waals surface area contributed by atoms with Gasteiger partial charge in [0.15, 0.2) is 0 Å². The molecular formula is C8H9F3S. The van der Waals surface area contributed by atoms with Crippen LogP contribution in [0.2, 0.25) is 0 Å². The molecule has 0 spiro atoms. The summed E-state index contributed by atoms with van der Waals surface area (Å²) in [6.45, 7) is 0. The lowest BCUT2D eigenvalue weighted by Crippen LogP contribution is -2.13. The van der Waals surface area contributed by atoms with Crippen molar-refractivity contribution in [3.05, 3.63) is 23.8 Å². The van der Waals surface area contributed by atoms with Crippen molar-refractivity contribution < 1.29 is 13.2 Å². The molecule has 0 aromatic rings. The van der Waals surface area contributed by atoms with Gasteiger partial charge in [0.2, 0.25) is 0 Å². The Kier molecular flexibility index (Phi) is 2.88. The highest BCUT2D eigenvalue weighted by Crippen LogP contribution is 2.31. The molecule has 0 aromatic carbocycles. The molecular weight excluding hydrogens is 185 g/mol. The Bertz CT molecular complexity index is 215. The standard InChI is InChI=1S/C8H9F3S/c1-12-7-4-2-6(3-5-7)8(9,10)11/h2-4,7H,5H2,1H3. The third-order valence-electron chi connectivity index (χ3n) is 1.69. The summed E-state index contributed by atoms with van der Waals surface area (Å²) in [6.07, 6.45) is 2.20.